The number of rotatable bonds is 14. The predicted molar refractivity (Wildman–Crippen MR) is 151 cm³/mol. The Morgan fingerprint density at radius 3 is 2.48 bits per heavy atom. The van der Waals surface area contributed by atoms with Crippen molar-refractivity contribution in [3.05, 3.63) is 75.7 Å². The summed E-state index contributed by atoms with van der Waals surface area (Å²) >= 11 is 12.6. The molecule has 4 rings (SSSR count). The third-order valence-electron chi connectivity index (χ3n) is 6.06. The summed E-state index contributed by atoms with van der Waals surface area (Å²) < 4.78 is 72.8. The fourth-order valence-corrected chi connectivity index (χ4v) is 4.97. The van der Waals surface area contributed by atoms with Gasteiger partial charge < -0.3 is 18.9 Å². The number of carbonyl (C=O) groups is 2. The van der Waals surface area contributed by atoms with E-state index in [1.54, 1.807) is 0 Å². The molecule has 2 heterocycles. The van der Waals surface area contributed by atoms with Crippen LogP contribution in [0.1, 0.15) is 40.4 Å². The lowest BCUT2D eigenvalue weighted by Gasteiger charge is -2.21. The number of hydrogen-bond donors (Lipinski definition) is 2. The van der Waals surface area contributed by atoms with Crippen LogP contribution in [0.4, 0.5) is 14.6 Å². The van der Waals surface area contributed by atoms with Crippen LogP contribution in [0.25, 0.3) is 0 Å². The van der Waals surface area contributed by atoms with Crippen molar-refractivity contribution in [2.45, 2.75) is 32.0 Å². The molecular formula is C27H26Cl2F2N3O9S+. The van der Waals surface area contributed by atoms with Crippen molar-refractivity contribution in [3.63, 3.8) is 0 Å². The first-order chi connectivity index (χ1) is 20.8. The van der Waals surface area contributed by atoms with Gasteiger partial charge in [-0.1, -0.05) is 29.3 Å². The number of carbonyl (C=O) groups excluding carboxylic acids is 2. The van der Waals surface area contributed by atoms with Gasteiger partial charge in [-0.2, -0.15) is 8.78 Å². The molecule has 1 aromatic carbocycles. The SMILES string of the molecule is CS(=O)(=O)Nc1cc(C(=O)OCC(=O)O[C@@H](Cc2c(Cl)c[n+](O)cc2Cl)c2ccc(OC(F)F)c(OCC3CC3)c2)ccn1. The Bertz CT molecular complexity index is 1620. The zero-order valence-electron chi connectivity index (χ0n) is 22.9. The average Bonchev–Trinajstić information content (AvgIpc) is 3.76. The summed E-state index contributed by atoms with van der Waals surface area (Å²) in [6.07, 6.45) is 4.99. The third-order valence-corrected chi connectivity index (χ3v) is 7.30. The number of aromatic nitrogens is 2. The molecule has 12 nitrogen and oxygen atoms in total. The van der Waals surface area contributed by atoms with Crippen LogP contribution in [0.15, 0.2) is 48.9 Å². The first-order valence-electron chi connectivity index (χ1n) is 12.9. The maximum Gasteiger partial charge on any atom is 0.387 e. The van der Waals surface area contributed by atoms with Crippen molar-refractivity contribution in [1.82, 2.24) is 4.98 Å². The van der Waals surface area contributed by atoms with E-state index < -0.39 is 41.3 Å². The van der Waals surface area contributed by atoms with Crippen molar-refractivity contribution >= 4 is 51.0 Å². The predicted octanol–water partition coefficient (Wildman–Crippen LogP) is 4.36. The van der Waals surface area contributed by atoms with E-state index in [-0.39, 0.29) is 63.0 Å². The zero-order chi connectivity index (χ0) is 32.0. The summed E-state index contributed by atoms with van der Waals surface area (Å²) in [7, 11) is -3.66. The summed E-state index contributed by atoms with van der Waals surface area (Å²) in [6, 6.07) is 6.38. The van der Waals surface area contributed by atoms with Crippen LogP contribution in [0.2, 0.25) is 10.0 Å². The molecule has 2 N–H and O–H groups in total. The molecule has 3 aromatic rings. The number of sulfonamides is 1. The number of esters is 2. The molecule has 0 amide bonds. The summed E-state index contributed by atoms with van der Waals surface area (Å²) in [5, 5.41) is 9.80. The van der Waals surface area contributed by atoms with Gasteiger partial charge in [0.15, 0.2) is 18.1 Å². The van der Waals surface area contributed by atoms with Crippen LogP contribution in [0.5, 0.6) is 11.5 Å². The molecule has 0 radical (unpaired) electrons. The van der Waals surface area contributed by atoms with Gasteiger partial charge in [0.2, 0.25) is 22.4 Å². The van der Waals surface area contributed by atoms with Crippen LogP contribution >= 0.6 is 23.2 Å². The Balaban J connectivity index is 1.55. The molecule has 44 heavy (non-hydrogen) atoms. The van der Waals surface area contributed by atoms with Gasteiger partial charge in [-0.3, -0.25) is 9.93 Å². The van der Waals surface area contributed by atoms with Crippen molar-refractivity contribution in [3.8, 4) is 11.5 Å². The molecule has 1 saturated carbocycles. The molecular weight excluding hydrogens is 651 g/mol. The van der Waals surface area contributed by atoms with E-state index in [0.29, 0.717) is 4.73 Å². The second kappa shape index (κ2) is 14.2. The maximum atomic E-state index is 13.0. The van der Waals surface area contributed by atoms with Crippen molar-refractivity contribution in [2.75, 3.05) is 24.2 Å². The fourth-order valence-electron chi connectivity index (χ4n) is 3.87. The van der Waals surface area contributed by atoms with Crippen LogP contribution in [0.3, 0.4) is 0 Å². The zero-order valence-corrected chi connectivity index (χ0v) is 25.2. The van der Waals surface area contributed by atoms with Gasteiger partial charge in [0.1, 0.15) is 22.0 Å². The van der Waals surface area contributed by atoms with Crippen LogP contribution in [-0.4, -0.2) is 56.6 Å². The summed E-state index contributed by atoms with van der Waals surface area (Å²) in [5.41, 5.74) is 0.475. The summed E-state index contributed by atoms with van der Waals surface area (Å²) in [4.78, 5) is 29.2. The largest absolute Gasteiger partial charge is 0.489 e. The number of pyridine rings is 2. The lowest BCUT2D eigenvalue weighted by Crippen LogP contribution is -2.29. The van der Waals surface area contributed by atoms with Crippen LogP contribution in [-0.2, 0) is 30.7 Å². The Morgan fingerprint density at radius 1 is 1.14 bits per heavy atom. The molecule has 1 atom stereocenters. The topological polar surface area (TPSA) is 154 Å². The molecule has 17 heteroatoms. The monoisotopic (exact) mass is 676 g/mol. The highest BCUT2D eigenvalue weighted by atomic mass is 35.5. The van der Waals surface area contributed by atoms with Crippen molar-refractivity contribution < 1.29 is 55.7 Å². The quantitative estimate of drug-likeness (QED) is 0.143. The van der Waals surface area contributed by atoms with Gasteiger partial charge in [-0.15, -0.1) is 0 Å². The van der Waals surface area contributed by atoms with Crippen LogP contribution < -0.4 is 18.9 Å². The number of alkyl halides is 2. The van der Waals surface area contributed by atoms with E-state index in [1.165, 1.54) is 30.5 Å². The van der Waals surface area contributed by atoms with Gasteiger partial charge >= 0.3 is 18.6 Å². The summed E-state index contributed by atoms with van der Waals surface area (Å²) in [6.45, 7) is -3.69. The van der Waals surface area contributed by atoms with E-state index in [9.17, 15) is 32.0 Å². The fraction of sp³-hybridized carbons (Fsp3) is 0.333. The van der Waals surface area contributed by atoms with Gasteiger partial charge in [-0.25, -0.2) is 23.0 Å². The molecule has 0 spiro atoms. The number of hydrogen-bond acceptors (Lipinski definition) is 10. The minimum Gasteiger partial charge on any atom is -0.489 e. The number of nitrogens with zero attached hydrogens (tertiary/aromatic N) is 2. The lowest BCUT2D eigenvalue weighted by atomic mass is 10.0. The molecule has 0 aliphatic heterocycles. The third kappa shape index (κ3) is 9.79. The van der Waals surface area contributed by atoms with Gasteiger partial charge in [0.05, 0.1) is 18.4 Å². The van der Waals surface area contributed by atoms with E-state index >= 15 is 0 Å². The van der Waals surface area contributed by atoms with Gasteiger partial charge in [0.25, 0.3) is 0 Å². The highest BCUT2D eigenvalue weighted by Crippen LogP contribution is 2.37. The molecule has 0 bridgehead atoms. The number of halogens is 4. The Morgan fingerprint density at radius 2 is 1.84 bits per heavy atom. The Kier molecular flexibility index (Phi) is 10.7. The first-order valence-corrected chi connectivity index (χ1v) is 15.5. The average molecular weight is 677 g/mol. The molecule has 1 aliphatic carbocycles. The molecule has 236 valence electrons. The van der Waals surface area contributed by atoms with E-state index in [2.05, 4.69) is 14.4 Å². The molecule has 0 saturated heterocycles. The van der Waals surface area contributed by atoms with E-state index in [1.807, 2.05) is 0 Å². The van der Waals surface area contributed by atoms with Gasteiger partial charge in [0, 0.05) is 22.9 Å². The van der Waals surface area contributed by atoms with E-state index in [0.717, 1.165) is 37.6 Å². The minimum absolute atomic E-state index is 0.00294. The molecule has 2 aromatic heterocycles. The number of benzene rings is 1. The standard InChI is InChI=1S/C27H26Cl2F2N3O9S/c1-44(38,39)33-24-9-17(6-7-32-24)26(36)41-14-25(35)42-22(10-18-19(28)11-34(37)12-20(18)29)16-4-5-21(43-27(30)31)23(8-16)40-13-15-2-3-15/h4-9,11-12,15,22,27,37H,2-3,10,13-14H2,1H3,(H,32,33)/q+1/t22-/m0/s1. The normalized spacial score (nSPS) is 13.7. The number of ether oxygens (including phenoxy) is 4. The van der Waals surface area contributed by atoms with Crippen LogP contribution in [0, 0.1) is 5.92 Å². The second-order valence-corrected chi connectivity index (χ2v) is 12.3. The maximum absolute atomic E-state index is 13.0. The number of anilines is 1. The first kappa shape index (κ1) is 33.0. The smallest absolute Gasteiger partial charge is 0.387 e. The molecule has 1 fully saturated rings. The van der Waals surface area contributed by atoms with Gasteiger partial charge in [-0.05, 0) is 48.6 Å². The lowest BCUT2D eigenvalue weighted by molar-refractivity contribution is -0.904. The molecule has 1 aliphatic rings. The van der Waals surface area contributed by atoms with E-state index in [4.69, 9.17) is 37.4 Å². The van der Waals surface area contributed by atoms with Crippen molar-refractivity contribution in [2.24, 2.45) is 5.92 Å². The Labute approximate surface area is 260 Å². The highest BCUT2D eigenvalue weighted by molar-refractivity contribution is 7.92. The molecule has 0 unspecified atom stereocenters. The minimum atomic E-state index is -3.66. The summed E-state index contributed by atoms with van der Waals surface area (Å²) in [5.74, 6) is -2.04. The Hall–Kier alpha value is -3.95. The highest BCUT2D eigenvalue weighted by Gasteiger charge is 2.27. The van der Waals surface area contributed by atoms with Crippen molar-refractivity contribution in [1.29, 1.82) is 0 Å². The second-order valence-electron chi connectivity index (χ2n) is 9.71. The number of nitrogens with one attached hydrogen (secondary N) is 1.